The Morgan fingerprint density at radius 1 is 1.15 bits per heavy atom. The van der Waals surface area contributed by atoms with Crippen molar-refractivity contribution in [2.24, 2.45) is 0 Å². The summed E-state index contributed by atoms with van der Waals surface area (Å²) in [6, 6.07) is 11.7. The van der Waals surface area contributed by atoms with Crippen molar-refractivity contribution in [1.82, 2.24) is 0 Å². The third-order valence-corrected chi connectivity index (χ3v) is 3.41. The fourth-order valence-electron chi connectivity index (χ4n) is 2.50. The van der Waals surface area contributed by atoms with Crippen LogP contribution in [-0.4, -0.2) is 18.4 Å². The van der Waals surface area contributed by atoms with E-state index in [1.807, 2.05) is 43.3 Å². The van der Waals surface area contributed by atoms with E-state index >= 15 is 0 Å². The molecule has 0 amide bonds. The molecule has 0 heterocycles. The smallest absolute Gasteiger partial charge is 0.321 e. The Bertz CT molecular complexity index is 658. The van der Waals surface area contributed by atoms with Crippen LogP contribution in [0, 0.1) is 6.92 Å². The van der Waals surface area contributed by atoms with Gasteiger partial charge < -0.3 is 4.74 Å². The molecule has 0 aliphatic carbocycles. The molecular weight excluding hydrogens is 252 g/mol. The maximum absolute atomic E-state index is 12.1. The maximum Gasteiger partial charge on any atom is 0.321 e. The van der Waals surface area contributed by atoms with Crippen molar-refractivity contribution in [1.29, 1.82) is 0 Å². The van der Waals surface area contributed by atoms with Crippen molar-refractivity contribution < 1.29 is 14.3 Å². The van der Waals surface area contributed by atoms with E-state index < -0.39 is 11.9 Å². The van der Waals surface area contributed by atoms with Gasteiger partial charge in [-0.15, -0.1) is 0 Å². The number of carbonyl (C=O) groups excluding carboxylic acids is 2. The first-order valence-electron chi connectivity index (χ1n) is 6.71. The number of hydrogen-bond acceptors (Lipinski definition) is 3. The van der Waals surface area contributed by atoms with E-state index in [0.29, 0.717) is 0 Å². The Kier molecular flexibility index (Phi) is 4.18. The first-order valence-corrected chi connectivity index (χ1v) is 6.71. The summed E-state index contributed by atoms with van der Waals surface area (Å²) in [7, 11) is 0. The van der Waals surface area contributed by atoms with Gasteiger partial charge in [-0.2, -0.15) is 0 Å². The normalized spacial score (nSPS) is 12.2. The highest BCUT2D eigenvalue weighted by atomic mass is 16.5. The number of esters is 1. The minimum atomic E-state index is -0.846. The second kappa shape index (κ2) is 5.87. The number of carbonyl (C=O) groups is 2. The van der Waals surface area contributed by atoms with Gasteiger partial charge in [0.1, 0.15) is 11.7 Å². The van der Waals surface area contributed by atoms with Crippen molar-refractivity contribution >= 4 is 22.5 Å². The number of aryl methyl sites for hydroxylation is 1. The molecule has 0 aliphatic rings. The quantitative estimate of drug-likeness (QED) is 0.632. The third kappa shape index (κ3) is 2.57. The molecule has 0 aliphatic heterocycles. The topological polar surface area (TPSA) is 43.4 Å². The maximum atomic E-state index is 12.1. The monoisotopic (exact) mass is 270 g/mol. The molecule has 0 radical (unpaired) electrons. The molecule has 1 atom stereocenters. The van der Waals surface area contributed by atoms with Gasteiger partial charge >= 0.3 is 5.97 Å². The number of hydrogen-bond donors (Lipinski definition) is 0. The molecule has 0 bridgehead atoms. The van der Waals surface area contributed by atoms with Gasteiger partial charge in [0.25, 0.3) is 0 Å². The average Bonchev–Trinajstić information content (AvgIpc) is 2.41. The summed E-state index contributed by atoms with van der Waals surface area (Å²) in [5, 5.41) is 1.95. The van der Waals surface area contributed by atoms with Gasteiger partial charge in [0.2, 0.25) is 0 Å². The van der Waals surface area contributed by atoms with Gasteiger partial charge in [-0.25, -0.2) is 0 Å². The van der Waals surface area contributed by atoms with Crippen molar-refractivity contribution in [3.05, 3.63) is 47.5 Å². The molecule has 104 valence electrons. The summed E-state index contributed by atoms with van der Waals surface area (Å²) in [5.74, 6) is -1.51. The number of ether oxygens (including phenoxy) is 1. The molecule has 20 heavy (non-hydrogen) atoms. The number of benzene rings is 2. The fraction of sp³-hybridized carbons (Fsp3) is 0.294. The lowest BCUT2D eigenvalue weighted by Crippen LogP contribution is -2.23. The van der Waals surface area contributed by atoms with E-state index in [1.165, 1.54) is 6.92 Å². The summed E-state index contributed by atoms with van der Waals surface area (Å²) < 4.78 is 5.06. The van der Waals surface area contributed by atoms with Crippen molar-refractivity contribution in [2.75, 3.05) is 6.61 Å². The lowest BCUT2D eigenvalue weighted by atomic mass is 9.87. The number of ketones is 1. The van der Waals surface area contributed by atoms with Crippen molar-refractivity contribution in [3.8, 4) is 0 Å². The minimum Gasteiger partial charge on any atom is -0.465 e. The molecular formula is C17H18O3. The molecule has 0 fully saturated rings. The Morgan fingerprint density at radius 3 is 2.50 bits per heavy atom. The molecule has 1 unspecified atom stereocenters. The lowest BCUT2D eigenvalue weighted by Gasteiger charge is -2.18. The van der Waals surface area contributed by atoms with E-state index in [-0.39, 0.29) is 12.4 Å². The van der Waals surface area contributed by atoms with Crippen LogP contribution in [0.25, 0.3) is 10.8 Å². The molecule has 2 aromatic carbocycles. The molecule has 2 rings (SSSR count). The largest absolute Gasteiger partial charge is 0.465 e. The first-order chi connectivity index (χ1) is 9.56. The zero-order valence-electron chi connectivity index (χ0n) is 12.0. The van der Waals surface area contributed by atoms with Crippen LogP contribution in [-0.2, 0) is 14.3 Å². The fourth-order valence-corrected chi connectivity index (χ4v) is 2.50. The van der Waals surface area contributed by atoms with E-state index in [9.17, 15) is 9.59 Å². The summed E-state index contributed by atoms with van der Waals surface area (Å²) in [4.78, 5) is 24.1. The van der Waals surface area contributed by atoms with E-state index in [0.717, 1.165) is 21.9 Å². The highest BCUT2D eigenvalue weighted by Crippen LogP contribution is 2.30. The summed E-state index contributed by atoms with van der Waals surface area (Å²) >= 11 is 0. The predicted molar refractivity (Wildman–Crippen MR) is 78.7 cm³/mol. The third-order valence-electron chi connectivity index (χ3n) is 3.41. The SMILES string of the molecule is CCOC(=O)C(C(C)=O)c1c(C)ccc2ccccc12. The first kappa shape index (κ1) is 14.3. The van der Waals surface area contributed by atoms with Crippen LogP contribution in [0.2, 0.25) is 0 Å². The Labute approximate surface area is 118 Å². The Hall–Kier alpha value is -2.16. The van der Waals surface area contributed by atoms with Gasteiger partial charge in [0.15, 0.2) is 0 Å². The molecule has 0 aromatic heterocycles. The molecule has 3 nitrogen and oxygen atoms in total. The van der Waals surface area contributed by atoms with E-state index in [1.54, 1.807) is 6.92 Å². The van der Waals surface area contributed by atoms with Crippen LogP contribution in [0.3, 0.4) is 0 Å². The second-order valence-electron chi connectivity index (χ2n) is 4.81. The molecule has 3 heteroatoms. The zero-order valence-corrected chi connectivity index (χ0v) is 12.0. The Morgan fingerprint density at radius 2 is 1.85 bits per heavy atom. The van der Waals surface area contributed by atoms with Crippen LogP contribution in [0.1, 0.15) is 30.9 Å². The van der Waals surface area contributed by atoms with Gasteiger partial charge in [0, 0.05) is 0 Å². The number of fused-ring (bicyclic) bond motifs is 1. The zero-order chi connectivity index (χ0) is 14.7. The van der Waals surface area contributed by atoms with Crippen LogP contribution in [0.4, 0.5) is 0 Å². The molecule has 0 saturated heterocycles. The minimum absolute atomic E-state index is 0.192. The summed E-state index contributed by atoms with van der Waals surface area (Å²) in [6.45, 7) is 5.36. The molecule has 0 saturated carbocycles. The predicted octanol–water partition coefficient (Wildman–Crippen LogP) is 3.38. The summed E-state index contributed by atoms with van der Waals surface area (Å²) in [5.41, 5.74) is 1.69. The highest BCUT2D eigenvalue weighted by Gasteiger charge is 2.29. The van der Waals surface area contributed by atoms with Crippen LogP contribution >= 0.6 is 0 Å². The molecule has 0 spiro atoms. The summed E-state index contributed by atoms with van der Waals surface area (Å²) in [6.07, 6.45) is 0. The Balaban J connectivity index is 2.67. The van der Waals surface area contributed by atoms with Crippen LogP contribution in [0.15, 0.2) is 36.4 Å². The van der Waals surface area contributed by atoms with Gasteiger partial charge in [-0.3, -0.25) is 9.59 Å². The van der Waals surface area contributed by atoms with E-state index in [4.69, 9.17) is 4.74 Å². The second-order valence-corrected chi connectivity index (χ2v) is 4.81. The molecule has 0 N–H and O–H groups in total. The van der Waals surface area contributed by atoms with E-state index in [2.05, 4.69) is 0 Å². The number of rotatable bonds is 4. The van der Waals surface area contributed by atoms with Gasteiger partial charge in [0.05, 0.1) is 6.61 Å². The standard InChI is InChI=1S/C17H18O3/c1-4-20-17(19)16(12(3)18)15-11(2)9-10-13-7-5-6-8-14(13)15/h5-10,16H,4H2,1-3H3. The van der Waals surface area contributed by atoms with Crippen LogP contribution in [0.5, 0.6) is 0 Å². The lowest BCUT2D eigenvalue weighted by molar-refractivity contribution is -0.147. The average molecular weight is 270 g/mol. The van der Waals surface area contributed by atoms with Gasteiger partial charge in [-0.1, -0.05) is 36.4 Å². The van der Waals surface area contributed by atoms with Crippen LogP contribution < -0.4 is 0 Å². The number of Topliss-reactive ketones (excluding diaryl/α,β-unsaturated/α-hetero) is 1. The highest BCUT2D eigenvalue weighted by molar-refractivity contribution is 6.07. The van der Waals surface area contributed by atoms with Gasteiger partial charge in [-0.05, 0) is 42.7 Å². The van der Waals surface area contributed by atoms with Crippen molar-refractivity contribution in [2.45, 2.75) is 26.7 Å². The molecule has 2 aromatic rings. The van der Waals surface area contributed by atoms with Crippen molar-refractivity contribution in [3.63, 3.8) is 0 Å².